The second-order valence-corrected chi connectivity index (χ2v) is 5.07. The van der Waals surface area contributed by atoms with Crippen LogP contribution in [0, 0.1) is 11.8 Å². The highest BCUT2D eigenvalue weighted by Crippen LogP contribution is 2.19. The van der Waals surface area contributed by atoms with E-state index >= 15 is 0 Å². The molecule has 1 aliphatic heterocycles. The number of carbonyl (C=O) groups is 1. The molecule has 0 radical (unpaired) electrons. The van der Waals surface area contributed by atoms with Gasteiger partial charge in [0.1, 0.15) is 0 Å². The highest BCUT2D eigenvalue weighted by molar-refractivity contribution is 5.67. The van der Waals surface area contributed by atoms with Crippen molar-refractivity contribution >= 4 is 5.97 Å². The lowest BCUT2D eigenvalue weighted by molar-refractivity contribution is -0.138. The van der Waals surface area contributed by atoms with Gasteiger partial charge in [0.25, 0.3) is 0 Å². The average molecular weight is 214 g/mol. The molecule has 0 bridgehead atoms. The molecule has 1 aliphatic rings. The third kappa shape index (κ3) is 4.62. The molecule has 0 aromatic carbocycles. The minimum atomic E-state index is -0.710. The Morgan fingerprint density at radius 1 is 1.53 bits per heavy atom. The van der Waals surface area contributed by atoms with Crippen LogP contribution in [-0.2, 0) is 4.79 Å². The van der Waals surface area contributed by atoms with E-state index in [9.17, 15) is 4.79 Å². The summed E-state index contributed by atoms with van der Waals surface area (Å²) in [5, 5.41) is 8.76. The topological polar surface area (TPSA) is 66.6 Å². The van der Waals surface area contributed by atoms with Crippen molar-refractivity contribution in [2.24, 2.45) is 17.6 Å². The number of nitrogens with zero attached hydrogens (tertiary/aromatic N) is 1. The Labute approximate surface area is 91.4 Å². The Morgan fingerprint density at radius 3 is 2.73 bits per heavy atom. The summed E-state index contributed by atoms with van der Waals surface area (Å²) in [5.41, 5.74) is 5.93. The number of carboxylic acids is 1. The van der Waals surface area contributed by atoms with Crippen LogP contribution in [0.5, 0.6) is 0 Å². The van der Waals surface area contributed by atoms with Gasteiger partial charge in [0, 0.05) is 32.1 Å². The summed E-state index contributed by atoms with van der Waals surface area (Å²) in [6.07, 6.45) is 1.10. The molecule has 0 amide bonds. The van der Waals surface area contributed by atoms with Crippen LogP contribution in [0.1, 0.15) is 26.7 Å². The van der Waals surface area contributed by atoms with Gasteiger partial charge in [-0.3, -0.25) is 4.79 Å². The van der Waals surface area contributed by atoms with Gasteiger partial charge in [-0.05, 0) is 18.3 Å². The van der Waals surface area contributed by atoms with Crippen molar-refractivity contribution in [1.29, 1.82) is 0 Å². The first-order valence-corrected chi connectivity index (χ1v) is 5.67. The molecule has 15 heavy (non-hydrogen) atoms. The number of nitrogens with two attached hydrogens (primary N) is 1. The molecule has 1 heterocycles. The zero-order chi connectivity index (χ0) is 11.4. The number of piperidine rings is 1. The Balaban J connectivity index is 2.44. The van der Waals surface area contributed by atoms with E-state index in [0.29, 0.717) is 5.92 Å². The Bertz CT molecular complexity index is 217. The van der Waals surface area contributed by atoms with Crippen molar-refractivity contribution in [3.05, 3.63) is 0 Å². The minimum Gasteiger partial charge on any atom is -0.481 e. The van der Waals surface area contributed by atoms with Crippen LogP contribution in [0.15, 0.2) is 0 Å². The van der Waals surface area contributed by atoms with E-state index in [-0.39, 0.29) is 18.4 Å². The lowest BCUT2D eigenvalue weighted by Crippen LogP contribution is -2.48. The number of hydrogen-bond donors (Lipinski definition) is 2. The molecule has 4 nitrogen and oxygen atoms in total. The first kappa shape index (κ1) is 12.5. The second kappa shape index (κ2) is 5.47. The second-order valence-electron chi connectivity index (χ2n) is 5.07. The lowest BCUT2D eigenvalue weighted by atomic mass is 9.91. The minimum absolute atomic E-state index is 0.141. The van der Waals surface area contributed by atoms with Crippen LogP contribution in [0.25, 0.3) is 0 Å². The third-order valence-corrected chi connectivity index (χ3v) is 2.73. The van der Waals surface area contributed by atoms with E-state index < -0.39 is 5.97 Å². The summed E-state index contributed by atoms with van der Waals surface area (Å²) in [6.45, 7) is 7.16. The number of likely N-dealkylation sites (tertiary alicyclic amines) is 1. The maximum Gasteiger partial charge on any atom is 0.303 e. The van der Waals surface area contributed by atoms with Crippen molar-refractivity contribution in [2.75, 3.05) is 19.6 Å². The maximum atomic E-state index is 10.6. The fourth-order valence-electron chi connectivity index (χ4n) is 2.41. The van der Waals surface area contributed by atoms with Crippen LogP contribution in [0.4, 0.5) is 0 Å². The van der Waals surface area contributed by atoms with Crippen LogP contribution < -0.4 is 5.73 Å². The van der Waals surface area contributed by atoms with Crippen LogP contribution in [-0.4, -0.2) is 41.7 Å². The van der Waals surface area contributed by atoms with Crippen molar-refractivity contribution in [2.45, 2.75) is 32.7 Å². The van der Waals surface area contributed by atoms with Crippen LogP contribution >= 0.6 is 0 Å². The van der Waals surface area contributed by atoms with E-state index in [1.165, 1.54) is 0 Å². The van der Waals surface area contributed by atoms with Gasteiger partial charge < -0.3 is 15.7 Å². The van der Waals surface area contributed by atoms with Gasteiger partial charge in [-0.15, -0.1) is 0 Å². The average Bonchev–Trinajstić information content (AvgIpc) is 1.98. The number of hydrogen-bond acceptors (Lipinski definition) is 3. The zero-order valence-electron chi connectivity index (χ0n) is 9.65. The number of aliphatic carboxylic acids is 1. The smallest absolute Gasteiger partial charge is 0.303 e. The maximum absolute atomic E-state index is 10.6. The molecule has 0 aromatic rings. The summed E-state index contributed by atoms with van der Waals surface area (Å²) in [7, 11) is 0. The predicted molar refractivity (Wildman–Crippen MR) is 59.6 cm³/mol. The molecule has 3 N–H and O–H groups in total. The molecule has 2 unspecified atom stereocenters. The summed E-state index contributed by atoms with van der Waals surface area (Å²) in [4.78, 5) is 12.9. The first-order chi connectivity index (χ1) is 6.97. The van der Waals surface area contributed by atoms with Gasteiger partial charge in [0.05, 0.1) is 0 Å². The normalized spacial score (nSPS) is 28.3. The van der Waals surface area contributed by atoms with Crippen molar-refractivity contribution in [3.63, 3.8) is 0 Å². The predicted octanol–water partition coefficient (Wildman–Crippen LogP) is 0.766. The monoisotopic (exact) mass is 214 g/mol. The van der Waals surface area contributed by atoms with E-state index in [0.717, 1.165) is 26.1 Å². The molecule has 0 aliphatic carbocycles. The Kier molecular flexibility index (Phi) is 4.54. The zero-order valence-corrected chi connectivity index (χ0v) is 9.65. The molecule has 2 atom stereocenters. The molecule has 0 spiro atoms. The number of carboxylic acid groups (broad SMARTS) is 1. The molecule has 0 aromatic heterocycles. The van der Waals surface area contributed by atoms with Crippen LogP contribution in [0.3, 0.4) is 0 Å². The highest BCUT2D eigenvalue weighted by Gasteiger charge is 2.26. The van der Waals surface area contributed by atoms with Crippen LogP contribution in [0.2, 0.25) is 0 Å². The molecule has 1 rings (SSSR count). The molecular weight excluding hydrogens is 192 g/mol. The summed E-state index contributed by atoms with van der Waals surface area (Å²) >= 11 is 0. The van der Waals surface area contributed by atoms with Crippen molar-refractivity contribution in [3.8, 4) is 0 Å². The standard InChI is InChI=1S/C11H22N2O2/c1-8(2)5-13-6-9(4-11(14)15)3-10(12)7-13/h8-10H,3-7,12H2,1-2H3,(H,14,15). The lowest BCUT2D eigenvalue weighted by Gasteiger charge is -2.36. The molecule has 88 valence electrons. The fraction of sp³-hybridized carbons (Fsp3) is 0.909. The van der Waals surface area contributed by atoms with Crippen molar-refractivity contribution < 1.29 is 9.90 Å². The molecule has 0 saturated carbocycles. The Morgan fingerprint density at radius 2 is 2.20 bits per heavy atom. The first-order valence-electron chi connectivity index (χ1n) is 5.67. The van der Waals surface area contributed by atoms with Crippen molar-refractivity contribution in [1.82, 2.24) is 4.90 Å². The van der Waals surface area contributed by atoms with E-state index in [4.69, 9.17) is 10.8 Å². The van der Waals surface area contributed by atoms with E-state index in [1.807, 2.05) is 0 Å². The fourth-order valence-corrected chi connectivity index (χ4v) is 2.41. The third-order valence-electron chi connectivity index (χ3n) is 2.73. The van der Waals surface area contributed by atoms with Gasteiger partial charge in [0.2, 0.25) is 0 Å². The van der Waals surface area contributed by atoms with E-state index in [2.05, 4.69) is 18.7 Å². The SMILES string of the molecule is CC(C)CN1CC(N)CC(CC(=O)O)C1. The Hall–Kier alpha value is -0.610. The quantitative estimate of drug-likeness (QED) is 0.725. The number of rotatable bonds is 4. The summed E-state index contributed by atoms with van der Waals surface area (Å²) in [5.74, 6) is 0.129. The summed E-state index contributed by atoms with van der Waals surface area (Å²) < 4.78 is 0. The molecule has 4 heteroatoms. The molecule has 1 saturated heterocycles. The molecular formula is C11H22N2O2. The summed E-state index contributed by atoms with van der Waals surface area (Å²) in [6, 6.07) is 0.141. The van der Waals surface area contributed by atoms with Gasteiger partial charge in [0.15, 0.2) is 0 Å². The van der Waals surface area contributed by atoms with E-state index in [1.54, 1.807) is 0 Å². The van der Waals surface area contributed by atoms with Gasteiger partial charge in [-0.25, -0.2) is 0 Å². The largest absolute Gasteiger partial charge is 0.481 e. The van der Waals surface area contributed by atoms with Gasteiger partial charge >= 0.3 is 5.97 Å². The van der Waals surface area contributed by atoms with Gasteiger partial charge in [-0.1, -0.05) is 13.8 Å². The highest BCUT2D eigenvalue weighted by atomic mass is 16.4. The molecule has 1 fully saturated rings. The van der Waals surface area contributed by atoms with Gasteiger partial charge in [-0.2, -0.15) is 0 Å².